The van der Waals surface area contributed by atoms with Crippen LogP contribution in [0.25, 0.3) is 0 Å². The highest BCUT2D eigenvalue weighted by atomic mass is 16.5. The molecule has 29 heavy (non-hydrogen) atoms. The number of carbonyl (C=O) groups excluding carboxylic acids is 2. The van der Waals surface area contributed by atoms with Crippen molar-refractivity contribution >= 4 is 17.6 Å². The van der Waals surface area contributed by atoms with Gasteiger partial charge in [0, 0.05) is 25.7 Å². The van der Waals surface area contributed by atoms with Crippen molar-refractivity contribution in [2.45, 2.75) is 6.54 Å². The van der Waals surface area contributed by atoms with Gasteiger partial charge >= 0.3 is 6.03 Å². The minimum absolute atomic E-state index is 0.00221. The van der Waals surface area contributed by atoms with E-state index in [2.05, 4.69) is 5.32 Å². The molecule has 1 aliphatic rings. The average Bonchev–Trinajstić information content (AvgIpc) is 3.11. The van der Waals surface area contributed by atoms with Gasteiger partial charge in [-0.2, -0.15) is 0 Å². The highest BCUT2D eigenvalue weighted by Gasteiger charge is 2.32. The normalized spacial score (nSPS) is 13.4. The molecular formula is C21H25N3O5. The van der Waals surface area contributed by atoms with E-state index >= 15 is 0 Å². The molecule has 1 saturated heterocycles. The zero-order valence-corrected chi connectivity index (χ0v) is 16.8. The lowest BCUT2D eigenvalue weighted by Crippen LogP contribution is -2.39. The number of anilines is 1. The maximum atomic E-state index is 12.8. The molecule has 8 heteroatoms. The molecule has 0 atom stereocenters. The summed E-state index contributed by atoms with van der Waals surface area (Å²) < 4.78 is 15.7. The van der Waals surface area contributed by atoms with E-state index in [4.69, 9.17) is 14.2 Å². The van der Waals surface area contributed by atoms with E-state index in [1.807, 2.05) is 24.3 Å². The third-order valence-electron chi connectivity index (χ3n) is 4.75. The molecular weight excluding hydrogens is 374 g/mol. The Morgan fingerprint density at radius 2 is 1.66 bits per heavy atom. The van der Waals surface area contributed by atoms with E-state index in [1.165, 1.54) is 4.90 Å². The molecule has 0 spiro atoms. The zero-order valence-electron chi connectivity index (χ0n) is 16.8. The van der Waals surface area contributed by atoms with Gasteiger partial charge in [-0.05, 0) is 29.8 Å². The molecule has 0 aromatic heterocycles. The number of nitrogens with zero attached hydrogens (tertiary/aromatic N) is 2. The molecule has 0 bridgehead atoms. The number of nitrogens with one attached hydrogen (secondary N) is 1. The van der Waals surface area contributed by atoms with Crippen LogP contribution in [-0.2, 0) is 11.3 Å². The van der Waals surface area contributed by atoms with E-state index in [1.54, 1.807) is 44.4 Å². The van der Waals surface area contributed by atoms with Crippen molar-refractivity contribution in [1.29, 1.82) is 0 Å². The van der Waals surface area contributed by atoms with E-state index in [9.17, 15) is 9.59 Å². The summed E-state index contributed by atoms with van der Waals surface area (Å²) in [5.41, 5.74) is 1.58. The summed E-state index contributed by atoms with van der Waals surface area (Å²) in [7, 11) is 4.72. The molecule has 3 amide bonds. The molecule has 0 saturated carbocycles. The van der Waals surface area contributed by atoms with Gasteiger partial charge in [-0.3, -0.25) is 9.69 Å². The summed E-state index contributed by atoms with van der Waals surface area (Å²) in [6, 6.07) is 12.5. The second kappa shape index (κ2) is 9.18. The number of amides is 3. The lowest BCUT2D eigenvalue weighted by molar-refractivity contribution is -0.121. The Balaban J connectivity index is 1.59. The molecule has 3 rings (SSSR count). The van der Waals surface area contributed by atoms with Gasteiger partial charge in [-0.1, -0.05) is 12.1 Å². The van der Waals surface area contributed by atoms with Gasteiger partial charge in [0.05, 0.1) is 27.0 Å². The standard InChI is InChI=1S/C21H25N3O5/c1-27-16-6-4-15(5-7-16)13-22-20(25)14-23-10-11-24(21(23)26)18-12-17(28-2)8-9-19(18)29-3/h4-9,12H,10-11,13-14H2,1-3H3,(H,22,25). The van der Waals surface area contributed by atoms with Crippen LogP contribution in [0.4, 0.5) is 10.5 Å². The monoisotopic (exact) mass is 399 g/mol. The number of ether oxygens (including phenoxy) is 3. The lowest BCUT2D eigenvalue weighted by atomic mass is 10.2. The van der Waals surface area contributed by atoms with Crippen LogP contribution in [-0.4, -0.2) is 57.8 Å². The van der Waals surface area contributed by atoms with Crippen LogP contribution in [0.5, 0.6) is 17.2 Å². The van der Waals surface area contributed by atoms with Crippen molar-refractivity contribution in [3.05, 3.63) is 48.0 Å². The van der Waals surface area contributed by atoms with Crippen LogP contribution in [0.3, 0.4) is 0 Å². The minimum Gasteiger partial charge on any atom is -0.497 e. The summed E-state index contributed by atoms with van der Waals surface area (Å²) in [5, 5.41) is 2.84. The topological polar surface area (TPSA) is 80.3 Å². The lowest BCUT2D eigenvalue weighted by Gasteiger charge is -2.21. The van der Waals surface area contributed by atoms with E-state index in [0.29, 0.717) is 36.8 Å². The first-order valence-corrected chi connectivity index (χ1v) is 9.23. The van der Waals surface area contributed by atoms with Crippen LogP contribution in [0, 0.1) is 0 Å². The molecule has 1 heterocycles. The summed E-state index contributed by atoms with van der Waals surface area (Å²) in [6.07, 6.45) is 0. The van der Waals surface area contributed by atoms with Crippen molar-refractivity contribution in [3.63, 3.8) is 0 Å². The molecule has 8 nitrogen and oxygen atoms in total. The molecule has 2 aromatic rings. The van der Waals surface area contributed by atoms with Gasteiger partial charge in [0.2, 0.25) is 5.91 Å². The first kappa shape index (κ1) is 20.3. The fourth-order valence-corrected chi connectivity index (χ4v) is 3.13. The first-order valence-electron chi connectivity index (χ1n) is 9.23. The van der Waals surface area contributed by atoms with Crippen LogP contribution in [0.1, 0.15) is 5.56 Å². The predicted octanol–water partition coefficient (Wildman–Crippen LogP) is 2.27. The van der Waals surface area contributed by atoms with Crippen molar-refractivity contribution < 1.29 is 23.8 Å². The van der Waals surface area contributed by atoms with Crippen molar-refractivity contribution in [2.75, 3.05) is 45.9 Å². The highest BCUT2D eigenvalue weighted by molar-refractivity contribution is 5.97. The fraction of sp³-hybridized carbons (Fsp3) is 0.333. The molecule has 154 valence electrons. The Morgan fingerprint density at radius 1 is 0.966 bits per heavy atom. The number of methoxy groups -OCH3 is 3. The molecule has 1 fully saturated rings. The van der Waals surface area contributed by atoms with Crippen molar-refractivity contribution in [1.82, 2.24) is 10.2 Å². The number of urea groups is 1. The summed E-state index contributed by atoms with van der Waals surface area (Å²) in [5.74, 6) is 1.75. The number of carbonyl (C=O) groups is 2. The number of rotatable bonds is 8. The highest BCUT2D eigenvalue weighted by Crippen LogP contribution is 2.34. The first-order chi connectivity index (χ1) is 14.0. The van der Waals surface area contributed by atoms with Crippen LogP contribution in [0.15, 0.2) is 42.5 Å². The predicted molar refractivity (Wildman–Crippen MR) is 109 cm³/mol. The van der Waals surface area contributed by atoms with Gasteiger partial charge in [0.25, 0.3) is 0 Å². The second-order valence-corrected chi connectivity index (χ2v) is 6.52. The number of benzene rings is 2. The molecule has 1 N–H and O–H groups in total. The molecule has 0 unspecified atom stereocenters. The third-order valence-corrected chi connectivity index (χ3v) is 4.75. The Morgan fingerprint density at radius 3 is 2.31 bits per heavy atom. The average molecular weight is 399 g/mol. The van der Waals surface area contributed by atoms with Gasteiger partial charge in [0.1, 0.15) is 23.8 Å². The van der Waals surface area contributed by atoms with Crippen LogP contribution in [0.2, 0.25) is 0 Å². The fourth-order valence-electron chi connectivity index (χ4n) is 3.13. The largest absolute Gasteiger partial charge is 0.497 e. The number of hydrogen-bond acceptors (Lipinski definition) is 5. The van der Waals surface area contributed by atoms with E-state index < -0.39 is 0 Å². The Bertz CT molecular complexity index is 869. The second-order valence-electron chi connectivity index (χ2n) is 6.52. The molecule has 1 aliphatic heterocycles. The van der Waals surface area contributed by atoms with Crippen LogP contribution < -0.4 is 24.4 Å². The Kier molecular flexibility index (Phi) is 6.43. The van der Waals surface area contributed by atoms with Crippen LogP contribution >= 0.6 is 0 Å². The SMILES string of the molecule is COc1ccc(CNC(=O)CN2CCN(c3cc(OC)ccc3OC)C2=O)cc1. The van der Waals surface area contributed by atoms with Crippen molar-refractivity contribution in [3.8, 4) is 17.2 Å². The minimum atomic E-state index is -0.240. The maximum absolute atomic E-state index is 12.8. The smallest absolute Gasteiger partial charge is 0.325 e. The van der Waals surface area contributed by atoms with Gasteiger partial charge in [-0.25, -0.2) is 4.79 Å². The quantitative estimate of drug-likeness (QED) is 0.737. The molecule has 2 aromatic carbocycles. The maximum Gasteiger partial charge on any atom is 0.325 e. The van der Waals surface area contributed by atoms with Gasteiger partial charge in [0.15, 0.2) is 0 Å². The zero-order chi connectivity index (χ0) is 20.8. The summed E-state index contributed by atoms with van der Waals surface area (Å²) in [6.45, 7) is 1.30. The summed E-state index contributed by atoms with van der Waals surface area (Å²) in [4.78, 5) is 28.2. The van der Waals surface area contributed by atoms with Crippen molar-refractivity contribution in [2.24, 2.45) is 0 Å². The Labute approximate surface area is 170 Å². The molecule has 0 radical (unpaired) electrons. The van der Waals surface area contributed by atoms with E-state index in [-0.39, 0.29) is 18.5 Å². The molecule has 0 aliphatic carbocycles. The Hall–Kier alpha value is -3.42. The van der Waals surface area contributed by atoms with Gasteiger partial charge in [-0.15, -0.1) is 0 Å². The number of hydrogen-bond donors (Lipinski definition) is 1. The van der Waals surface area contributed by atoms with E-state index in [0.717, 1.165) is 11.3 Å². The third kappa shape index (κ3) is 4.71. The summed E-state index contributed by atoms with van der Waals surface area (Å²) >= 11 is 0. The van der Waals surface area contributed by atoms with Gasteiger partial charge < -0.3 is 24.4 Å².